The molecule has 1 rings (SSSR count). The molecule has 1 aromatic carbocycles. The van der Waals surface area contributed by atoms with Gasteiger partial charge in [-0.1, -0.05) is 35.2 Å². The Hall–Kier alpha value is -1.11. The Kier molecular flexibility index (Phi) is 5.24. The molecule has 0 radical (unpaired) electrons. The topological polar surface area (TPSA) is 26.3 Å². The van der Waals surface area contributed by atoms with Crippen molar-refractivity contribution >= 4 is 28.5 Å². The van der Waals surface area contributed by atoms with Gasteiger partial charge in [0.25, 0.3) is 0 Å². The summed E-state index contributed by atoms with van der Waals surface area (Å²) in [6.07, 6.45) is 0. The minimum Gasteiger partial charge on any atom is -0.497 e. The van der Waals surface area contributed by atoms with Crippen LogP contribution in [0.3, 0.4) is 0 Å². The van der Waals surface area contributed by atoms with E-state index in [-0.39, 0.29) is 5.12 Å². The monoisotopic (exact) mass is 254 g/mol. The lowest BCUT2D eigenvalue weighted by molar-refractivity contribution is -0.109. The average Bonchev–Trinajstić information content (AvgIpc) is 2.23. The fourth-order valence-corrected chi connectivity index (χ4v) is 1.60. The smallest absolute Gasteiger partial charge is 0.186 e. The van der Waals surface area contributed by atoms with Crippen LogP contribution < -0.4 is 4.74 Å². The van der Waals surface area contributed by atoms with Crippen molar-refractivity contribution in [2.24, 2.45) is 0 Å². The summed E-state index contributed by atoms with van der Waals surface area (Å²) in [4.78, 5) is 10.7. The summed E-state index contributed by atoms with van der Waals surface area (Å²) in [6, 6.07) is 5.28. The van der Waals surface area contributed by atoms with E-state index in [1.165, 1.54) is 18.7 Å². The fourth-order valence-electron chi connectivity index (χ4n) is 1.03. The molecule has 0 atom stereocenters. The van der Waals surface area contributed by atoms with Gasteiger partial charge in [-0.2, -0.15) is 0 Å². The molecular weight excluding hydrogens is 244 g/mol. The van der Waals surface area contributed by atoms with Crippen LogP contribution in [0.25, 0.3) is 0 Å². The van der Waals surface area contributed by atoms with Gasteiger partial charge in [-0.15, -0.1) is 0 Å². The first-order chi connectivity index (χ1) is 7.61. The van der Waals surface area contributed by atoms with Crippen LogP contribution in [0.5, 0.6) is 5.75 Å². The minimum atomic E-state index is 0.0676. The zero-order chi connectivity index (χ0) is 12.0. The molecule has 0 aliphatic heterocycles. The van der Waals surface area contributed by atoms with Crippen LogP contribution >= 0.6 is 23.4 Å². The molecule has 0 amide bonds. The molecule has 16 heavy (non-hydrogen) atoms. The van der Waals surface area contributed by atoms with Crippen molar-refractivity contribution in [2.75, 3.05) is 12.9 Å². The summed E-state index contributed by atoms with van der Waals surface area (Å²) in [5.41, 5.74) is 0.786. The molecule has 0 aromatic heterocycles. The van der Waals surface area contributed by atoms with Gasteiger partial charge in [0, 0.05) is 17.5 Å². The highest BCUT2D eigenvalue weighted by Crippen LogP contribution is 2.19. The molecular formula is C12H11ClO2S. The Balaban J connectivity index is 2.72. The molecule has 4 heteroatoms. The highest BCUT2D eigenvalue weighted by Gasteiger charge is 1.97. The predicted molar refractivity (Wildman–Crippen MR) is 68.0 cm³/mol. The molecule has 2 nitrogen and oxygen atoms in total. The van der Waals surface area contributed by atoms with Gasteiger partial charge in [-0.25, -0.2) is 0 Å². The summed E-state index contributed by atoms with van der Waals surface area (Å²) in [5, 5.41) is 0.654. The number of halogens is 1. The summed E-state index contributed by atoms with van der Waals surface area (Å²) in [7, 11) is 1.58. The Morgan fingerprint density at radius 1 is 1.50 bits per heavy atom. The van der Waals surface area contributed by atoms with E-state index in [1.54, 1.807) is 25.3 Å². The standard InChI is InChI=1S/C12H11ClO2S/c1-9(14)16-5-3-4-10-6-11(13)8-12(7-10)15-2/h6-8H,5H2,1-2H3. The van der Waals surface area contributed by atoms with Crippen molar-refractivity contribution in [2.45, 2.75) is 6.92 Å². The van der Waals surface area contributed by atoms with Gasteiger partial charge in [-0.3, -0.25) is 4.79 Å². The molecule has 0 heterocycles. The van der Waals surface area contributed by atoms with Gasteiger partial charge < -0.3 is 4.74 Å². The van der Waals surface area contributed by atoms with Crippen LogP contribution in [0.15, 0.2) is 18.2 Å². The van der Waals surface area contributed by atoms with Crippen LogP contribution in [-0.2, 0) is 4.79 Å². The van der Waals surface area contributed by atoms with Crippen molar-refractivity contribution in [1.29, 1.82) is 0 Å². The van der Waals surface area contributed by atoms with E-state index in [0.29, 0.717) is 16.5 Å². The molecule has 0 fully saturated rings. The Morgan fingerprint density at radius 3 is 2.88 bits per heavy atom. The predicted octanol–water partition coefficient (Wildman–Crippen LogP) is 2.98. The second kappa shape index (κ2) is 6.47. The molecule has 0 spiro atoms. The fraction of sp³-hybridized carbons (Fsp3) is 0.250. The number of thioether (sulfide) groups is 1. The SMILES string of the molecule is COc1cc(Cl)cc(C#CCSC(C)=O)c1. The minimum absolute atomic E-state index is 0.0676. The number of carbonyl (C=O) groups is 1. The number of hydrogen-bond donors (Lipinski definition) is 0. The maximum absolute atomic E-state index is 10.7. The number of ether oxygens (including phenoxy) is 1. The second-order valence-corrected chi connectivity index (χ2v) is 4.55. The average molecular weight is 255 g/mol. The first-order valence-electron chi connectivity index (χ1n) is 4.58. The van der Waals surface area contributed by atoms with E-state index >= 15 is 0 Å². The van der Waals surface area contributed by atoms with E-state index in [9.17, 15) is 4.79 Å². The number of carbonyl (C=O) groups excluding carboxylic acids is 1. The third-order valence-electron chi connectivity index (χ3n) is 1.69. The van der Waals surface area contributed by atoms with Gasteiger partial charge in [0.15, 0.2) is 5.12 Å². The highest BCUT2D eigenvalue weighted by molar-refractivity contribution is 8.13. The van der Waals surface area contributed by atoms with E-state index in [1.807, 2.05) is 0 Å². The molecule has 1 aromatic rings. The van der Waals surface area contributed by atoms with Crippen LogP contribution in [0, 0.1) is 11.8 Å². The molecule has 0 saturated heterocycles. The normalized spacial score (nSPS) is 9.19. The first-order valence-corrected chi connectivity index (χ1v) is 5.95. The van der Waals surface area contributed by atoms with Crippen molar-refractivity contribution in [1.82, 2.24) is 0 Å². The zero-order valence-electron chi connectivity index (χ0n) is 9.04. The molecule has 84 valence electrons. The quantitative estimate of drug-likeness (QED) is 0.759. The van der Waals surface area contributed by atoms with Gasteiger partial charge >= 0.3 is 0 Å². The second-order valence-electron chi connectivity index (χ2n) is 2.96. The number of methoxy groups -OCH3 is 1. The van der Waals surface area contributed by atoms with Crippen molar-refractivity contribution in [3.63, 3.8) is 0 Å². The Labute approximate surface area is 104 Å². The van der Waals surface area contributed by atoms with Crippen LogP contribution in [0.4, 0.5) is 0 Å². The summed E-state index contributed by atoms with van der Waals surface area (Å²) < 4.78 is 5.07. The van der Waals surface area contributed by atoms with E-state index in [2.05, 4.69) is 11.8 Å². The maximum atomic E-state index is 10.7. The third-order valence-corrected chi connectivity index (χ3v) is 2.60. The van der Waals surface area contributed by atoms with Crippen molar-refractivity contribution in [3.05, 3.63) is 28.8 Å². The number of benzene rings is 1. The van der Waals surface area contributed by atoms with Crippen LogP contribution in [-0.4, -0.2) is 18.0 Å². The highest BCUT2D eigenvalue weighted by atomic mass is 35.5. The lowest BCUT2D eigenvalue weighted by atomic mass is 10.2. The van der Waals surface area contributed by atoms with Gasteiger partial charge in [0.1, 0.15) is 5.75 Å². The van der Waals surface area contributed by atoms with E-state index in [0.717, 1.165) is 5.56 Å². The van der Waals surface area contributed by atoms with E-state index < -0.39 is 0 Å². The molecule has 0 aliphatic carbocycles. The van der Waals surface area contributed by atoms with Gasteiger partial charge in [0.2, 0.25) is 0 Å². The van der Waals surface area contributed by atoms with Crippen molar-refractivity contribution in [3.8, 4) is 17.6 Å². The lowest BCUT2D eigenvalue weighted by Crippen LogP contribution is -1.85. The van der Waals surface area contributed by atoms with Gasteiger partial charge in [-0.05, 0) is 18.2 Å². The summed E-state index contributed by atoms with van der Waals surface area (Å²) in [5.74, 6) is 6.98. The molecule has 0 aliphatic rings. The Bertz CT molecular complexity index is 446. The van der Waals surface area contributed by atoms with Gasteiger partial charge in [0.05, 0.1) is 12.9 Å². The largest absolute Gasteiger partial charge is 0.497 e. The van der Waals surface area contributed by atoms with E-state index in [4.69, 9.17) is 16.3 Å². The molecule has 0 bridgehead atoms. The third kappa shape index (κ3) is 4.61. The first kappa shape index (κ1) is 13.0. The summed E-state index contributed by atoms with van der Waals surface area (Å²) in [6.45, 7) is 1.52. The molecule has 0 unspecified atom stereocenters. The Morgan fingerprint density at radius 2 is 2.25 bits per heavy atom. The molecule has 0 N–H and O–H groups in total. The number of hydrogen-bond acceptors (Lipinski definition) is 3. The maximum Gasteiger partial charge on any atom is 0.186 e. The lowest BCUT2D eigenvalue weighted by Gasteiger charge is -2.00. The van der Waals surface area contributed by atoms with Crippen LogP contribution in [0.1, 0.15) is 12.5 Å². The van der Waals surface area contributed by atoms with Crippen LogP contribution in [0.2, 0.25) is 5.02 Å². The number of rotatable bonds is 2. The summed E-state index contributed by atoms with van der Waals surface area (Å²) >= 11 is 7.07. The molecule has 0 saturated carbocycles. The van der Waals surface area contributed by atoms with Crippen molar-refractivity contribution < 1.29 is 9.53 Å². The zero-order valence-corrected chi connectivity index (χ0v) is 10.6.